The molecular formula is C35H48FN3O. The number of rotatable bonds is 13. The van der Waals surface area contributed by atoms with Gasteiger partial charge in [-0.05, 0) is 113 Å². The predicted molar refractivity (Wildman–Crippen MR) is 170 cm³/mol. The number of ketones is 1. The summed E-state index contributed by atoms with van der Waals surface area (Å²) in [6.07, 6.45) is 11.7. The van der Waals surface area contributed by atoms with Crippen molar-refractivity contribution in [2.24, 2.45) is 10.9 Å². The molecule has 40 heavy (non-hydrogen) atoms. The first-order valence-corrected chi connectivity index (χ1v) is 14.5. The fourth-order valence-corrected chi connectivity index (χ4v) is 5.19. The smallest absolute Gasteiger partial charge is 0.146 e. The van der Waals surface area contributed by atoms with Gasteiger partial charge < -0.3 is 10.6 Å². The van der Waals surface area contributed by atoms with Crippen LogP contribution in [0.1, 0.15) is 83.9 Å². The molecule has 1 aliphatic rings. The number of aliphatic imine (C=N–C) groups is 1. The summed E-state index contributed by atoms with van der Waals surface area (Å²) in [6, 6.07) is 6.35. The third-order valence-electron chi connectivity index (χ3n) is 7.86. The van der Waals surface area contributed by atoms with Crippen LogP contribution in [0.25, 0.3) is 5.57 Å². The van der Waals surface area contributed by atoms with Crippen LogP contribution in [0.5, 0.6) is 0 Å². The number of Topliss-reactive ketones (excluding diaryl/α,β-unsaturated/α-hetero) is 1. The van der Waals surface area contributed by atoms with Gasteiger partial charge in [0, 0.05) is 17.8 Å². The predicted octanol–water partition coefficient (Wildman–Crippen LogP) is 8.44. The van der Waals surface area contributed by atoms with Gasteiger partial charge in [-0.3, -0.25) is 9.79 Å². The second-order valence-electron chi connectivity index (χ2n) is 10.7. The molecule has 0 aliphatic carbocycles. The number of allylic oxidation sites excluding steroid dienone is 8. The van der Waals surface area contributed by atoms with Crippen LogP contribution in [0, 0.1) is 12.8 Å². The van der Waals surface area contributed by atoms with Gasteiger partial charge >= 0.3 is 0 Å². The van der Waals surface area contributed by atoms with Crippen LogP contribution in [-0.2, 0) is 10.2 Å². The first-order valence-electron chi connectivity index (χ1n) is 14.5. The van der Waals surface area contributed by atoms with E-state index in [2.05, 4.69) is 62.8 Å². The number of carbonyl (C=O) groups excluding carboxylic acids is 1. The van der Waals surface area contributed by atoms with Crippen LogP contribution in [-0.4, -0.2) is 25.1 Å². The first kappa shape index (κ1) is 32.9. The molecular weight excluding hydrogens is 497 g/mol. The highest BCUT2D eigenvalue weighted by atomic mass is 19.1. The molecule has 0 amide bonds. The number of piperidine rings is 1. The van der Waals surface area contributed by atoms with E-state index in [4.69, 9.17) is 4.99 Å². The summed E-state index contributed by atoms with van der Waals surface area (Å²) in [5.74, 6) is -0.0415. The fourth-order valence-electron chi connectivity index (χ4n) is 5.19. The molecule has 216 valence electrons. The van der Waals surface area contributed by atoms with Crippen molar-refractivity contribution < 1.29 is 9.18 Å². The van der Waals surface area contributed by atoms with Crippen molar-refractivity contribution in [2.75, 3.05) is 13.1 Å². The minimum atomic E-state index is -0.446. The van der Waals surface area contributed by atoms with Crippen molar-refractivity contribution in [3.8, 4) is 0 Å². The number of nitrogens with one attached hydrogen (secondary N) is 2. The van der Waals surface area contributed by atoms with Crippen LogP contribution in [0.15, 0.2) is 89.1 Å². The van der Waals surface area contributed by atoms with E-state index in [-0.39, 0.29) is 5.92 Å². The maximum atomic E-state index is 14.3. The highest BCUT2D eigenvalue weighted by molar-refractivity contribution is 5.92. The summed E-state index contributed by atoms with van der Waals surface area (Å²) >= 11 is 0. The minimum Gasteiger partial charge on any atom is -0.356 e. The molecule has 5 heteroatoms. The Morgan fingerprint density at radius 1 is 1.25 bits per heavy atom. The molecule has 1 heterocycles. The molecule has 1 aliphatic heterocycles. The Labute approximate surface area is 241 Å². The van der Waals surface area contributed by atoms with Gasteiger partial charge in [0.2, 0.25) is 0 Å². The summed E-state index contributed by atoms with van der Waals surface area (Å²) in [4.78, 5) is 18.4. The van der Waals surface area contributed by atoms with E-state index in [9.17, 15) is 9.18 Å². The molecule has 1 aromatic rings. The van der Waals surface area contributed by atoms with E-state index < -0.39 is 11.2 Å². The van der Waals surface area contributed by atoms with E-state index in [1.54, 1.807) is 12.2 Å². The monoisotopic (exact) mass is 545 g/mol. The molecule has 2 rings (SSSR count). The van der Waals surface area contributed by atoms with Crippen molar-refractivity contribution in [3.05, 3.63) is 101 Å². The summed E-state index contributed by atoms with van der Waals surface area (Å²) in [5, 5.41) is 6.59. The first-order chi connectivity index (χ1) is 19.1. The molecule has 2 N–H and O–H groups in total. The van der Waals surface area contributed by atoms with Crippen LogP contribution < -0.4 is 10.6 Å². The lowest BCUT2D eigenvalue weighted by Gasteiger charge is -2.39. The zero-order valence-electron chi connectivity index (χ0n) is 25.6. The molecule has 0 bridgehead atoms. The SMILES string of the molecule is C=C/C(F)=C(\C=C/C)N/C(C)=C(C)/C(=C\C(=C)c1ccc(C2(C(=O)C(C)CC)CCNCC2)c(C)c1)N=CCC. The lowest BCUT2D eigenvalue weighted by Crippen LogP contribution is -2.48. The highest BCUT2D eigenvalue weighted by Gasteiger charge is 2.43. The molecule has 1 fully saturated rings. The van der Waals surface area contributed by atoms with Gasteiger partial charge in [-0.2, -0.15) is 0 Å². The average Bonchev–Trinajstić information content (AvgIpc) is 2.97. The van der Waals surface area contributed by atoms with Gasteiger partial charge in [0.1, 0.15) is 11.6 Å². The second kappa shape index (κ2) is 15.5. The maximum Gasteiger partial charge on any atom is 0.146 e. The molecule has 0 saturated carbocycles. The number of hydrogen-bond acceptors (Lipinski definition) is 4. The third-order valence-corrected chi connectivity index (χ3v) is 7.86. The Morgan fingerprint density at radius 2 is 1.93 bits per heavy atom. The van der Waals surface area contributed by atoms with Crippen LogP contribution >= 0.6 is 0 Å². The summed E-state index contributed by atoms with van der Waals surface area (Å²) < 4.78 is 14.3. The maximum absolute atomic E-state index is 14.3. The second-order valence-corrected chi connectivity index (χ2v) is 10.7. The zero-order valence-corrected chi connectivity index (χ0v) is 25.6. The molecule has 1 saturated heterocycles. The molecule has 1 atom stereocenters. The molecule has 0 spiro atoms. The normalized spacial score (nSPS) is 17.9. The van der Waals surface area contributed by atoms with Gasteiger partial charge in [0.15, 0.2) is 0 Å². The minimum absolute atomic E-state index is 0.0313. The number of aryl methyl sites for hydroxylation is 1. The van der Waals surface area contributed by atoms with Crippen molar-refractivity contribution in [1.29, 1.82) is 0 Å². The van der Waals surface area contributed by atoms with Crippen LogP contribution in [0.3, 0.4) is 0 Å². The number of benzene rings is 1. The molecule has 0 aromatic heterocycles. The van der Waals surface area contributed by atoms with Gasteiger partial charge in [0.05, 0.1) is 16.8 Å². The number of nitrogens with zero attached hydrogens (tertiary/aromatic N) is 1. The molecule has 0 radical (unpaired) electrons. The summed E-state index contributed by atoms with van der Waals surface area (Å²) in [5.41, 5.74) is 6.35. The summed E-state index contributed by atoms with van der Waals surface area (Å²) in [7, 11) is 0. The average molecular weight is 546 g/mol. The van der Waals surface area contributed by atoms with E-state index >= 15 is 0 Å². The van der Waals surface area contributed by atoms with Crippen LogP contribution in [0.4, 0.5) is 4.39 Å². The van der Waals surface area contributed by atoms with Gasteiger partial charge in [0.25, 0.3) is 0 Å². The highest BCUT2D eigenvalue weighted by Crippen LogP contribution is 2.40. The Balaban J connectivity index is 2.51. The largest absolute Gasteiger partial charge is 0.356 e. The lowest BCUT2D eigenvalue weighted by atomic mass is 9.65. The number of halogens is 1. The van der Waals surface area contributed by atoms with E-state index in [0.717, 1.165) is 78.0 Å². The number of hydrogen-bond donors (Lipinski definition) is 2. The Hall–Kier alpha value is -3.31. The quantitative estimate of drug-likeness (QED) is 0.193. The summed E-state index contributed by atoms with van der Waals surface area (Å²) in [6.45, 7) is 23.6. The van der Waals surface area contributed by atoms with E-state index in [1.165, 1.54) is 6.08 Å². The Kier molecular flexibility index (Phi) is 12.7. The zero-order chi connectivity index (χ0) is 29.9. The van der Waals surface area contributed by atoms with Crippen molar-refractivity contribution in [1.82, 2.24) is 10.6 Å². The van der Waals surface area contributed by atoms with Crippen molar-refractivity contribution >= 4 is 17.6 Å². The fraction of sp³-hybridized carbons (Fsp3) is 0.429. The Morgan fingerprint density at radius 3 is 2.48 bits per heavy atom. The van der Waals surface area contributed by atoms with Gasteiger partial charge in [-0.1, -0.05) is 58.2 Å². The molecule has 1 aromatic carbocycles. The van der Waals surface area contributed by atoms with Crippen molar-refractivity contribution in [3.63, 3.8) is 0 Å². The van der Waals surface area contributed by atoms with E-state index in [1.807, 2.05) is 40.0 Å². The number of carbonyl (C=O) groups is 1. The topological polar surface area (TPSA) is 53.5 Å². The van der Waals surface area contributed by atoms with Gasteiger partial charge in [-0.15, -0.1) is 0 Å². The molecule has 1 unspecified atom stereocenters. The van der Waals surface area contributed by atoms with Gasteiger partial charge in [-0.25, -0.2) is 4.39 Å². The Bertz CT molecular complexity index is 1240. The standard InChI is InChI=1S/C35H48FN3O/c1-10-14-32(31(36)13-4)39-28(9)27(8)33(38-19-11-2)23-25(6)29-15-16-30(26(7)22-29)35(17-20-37-21-18-35)34(40)24(5)12-3/h10,13-16,19,22-24,37,39H,4,6,11-12,17-18,20-21H2,1-3,5,7-9H3/b14-10-,28-27+,32-31-,33-23+,38-19?. The van der Waals surface area contributed by atoms with Crippen LogP contribution in [0.2, 0.25) is 0 Å². The lowest BCUT2D eigenvalue weighted by molar-refractivity contribution is -0.129. The van der Waals surface area contributed by atoms with E-state index in [0.29, 0.717) is 11.5 Å². The molecule has 4 nitrogen and oxygen atoms in total. The third kappa shape index (κ3) is 7.88. The van der Waals surface area contributed by atoms with Crippen molar-refractivity contribution in [2.45, 2.75) is 79.6 Å².